The maximum Gasteiger partial charge on any atom is 0.303 e. The first kappa shape index (κ1) is 16.9. The first-order valence-electron chi connectivity index (χ1n) is 7.95. The van der Waals surface area contributed by atoms with E-state index in [2.05, 4.69) is 0 Å². The van der Waals surface area contributed by atoms with Crippen LogP contribution in [-0.4, -0.2) is 22.0 Å². The monoisotopic (exact) mass is 285 g/mol. The van der Waals surface area contributed by atoms with Crippen molar-refractivity contribution in [2.45, 2.75) is 83.1 Å². The molecule has 1 aliphatic rings. The minimum absolute atomic E-state index is 0.106. The van der Waals surface area contributed by atoms with Gasteiger partial charge in [-0.15, -0.1) is 0 Å². The maximum atomic E-state index is 10.9. The Morgan fingerprint density at radius 3 is 2.10 bits per heavy atom. The summed E-state index contributed by atoms with van der Waals surface area (Å²) >= 11 is 0. The average Bonchev–Trinajstić information content (AvgIpc) is 2.40. The summed E-state index contributed by atoms with van der Waals surface area (Å²) in [6, 6.07) is -0.331. The summed E-state index contributed by atoms with van der Waals surface area (Å²) in [5, 5.41) is 19.5. The van der Waals surface area contributed by atoms with Crippen molar-refractivity contribution >= 4 is 5.97 Å². The molecule has 1 rings (SSSR count). The fourth-order valence-corrected chi connectivity index (χ4v) is 3.12. The zero-order chi connectivity index (χ0) is 14.8. The number of carboxylic acids is 1. The van der Waals surface area contributed by atoms with E-state index >= 15 is 0 Å². The van der Waals surface area contributed by atoms with Crippen LogP contribution in [-0.2, 0) is 4.79 Å². The molecule has 0 aromatic carbocycles. The summed E-state index contributed by atoms with van der Waals surface area (Å²) in [4.78, 5) is 21.2. The van der Waals surface area contributed by atoms with Gasteiger partial charge in [0.05, 0.1) is 0 Å². The molecule has 0 heterocycles. The number of hydrogen-bond acceptors (Lipinski definition) is 3. The Bertz CT molecular complexity index is 294. The molecule has 0 aliphatic heterocycles. The fraction of sp³-hybridized carbons (Fsp3) is 0.933. The van der Waals surface area contributed by atoms with Gasteiger partial charge in [0.15, 0.2) is 0 Å². The number of nitrogens with zero attached hydrogens (tertiary/aromatic N) is 1. The molecule has 1 fully saturated rings. The molecule has 0 aromatic rings. The molecule has 1 N–H and O–H groups in total. The van der Waals surface area contributed by atoms with E-state index in [1.54, 1.807) is 0 Å². The van der Waals surface area contributed by atoms with Crippen LogP contribution >= 0.6 is 0 Å². The van der Waals surface area contributed by atoms with Crippen LogP contribution in [0.25, 0.3) is 0 Å². The van der Waals surface area contributed by atoms with Crippen molar-refractivity contribution < 1.29 is 14.8 Å². The van der Waals surface area contributed by atoms with Crippen molar-refractivity contribution in [3.05, 3.63) is 10.1 Å². The molecule has 0 spiro atoms. The van der Waals surface area contributed by atoms with Crippen LogP contribution in [0.15, 0.2) is 0 Å². The number of nitro groups is 1. The van der Waals surface area contributed by atoms with Crippen LogP contribution in [0, 0.1) is 16.0 Å². The smallest absolute Gasteiger partial charge is 0.303 e. The van der Waals surface area contributed by atoms with Crippen LogP contribution in [0.5, 0.6) is 0 Å². The summed E-state index contributed by atoms with van der Waals surface area (Å²) in [5.41, 5.74) is 0. The number of aliphatic carboxylic acids is 1. The van der Waals surface area contributed by atoms with E-state index in [9.17, 15) is 14.9 Å². The predicted molar refractivity (Wildman–Crippen MR) is 77.3 cm³/mol. The Labute approximate surface area is 120 Å². The predicted octanol–water partition coefficient (Wildman–Crippen LogP) is 4.03. The van der Waals surface area contributed by atoms with Crippen LogP contribution in [0.2, 0.25) is 0 Å². The molecule has 0 atom stereocenters. The van der Waals surface area contributed by atoms with E-state index in [0.29, 0.717) is 5.92 Å². The Hall–Kier alpha value is -1.13. The fourth-order valence-electron chi connectivity index (χ4n) is 3.12. The SMILES string of the molecule is O=C(O)CCCCC1CCCCC([N+](=O)[O-])CCCC1. The minimum atomic E-state index is -0.707. The molecule has 1 aliphatic carbocycles. The van der Waals surface area contributed by atoms with Gasteiger partial charge >= 0.3 is 5.97 Å². The molecule has 5 heteroatoms. The van der Waals surface area contributed by atoms with Gasteiger partial charge in [-0.05, 0) is 25.2 Å². The Morgan fingerprint density at radius 2 is 1.60 bits per heavy atom. The van der Waals surface area contributed by atoms with Crippen molar-refractivity contribution in [2.24, 2.45) is 5.92 Å². The van der Waals surface area contributed by atoms with E-state index in [0.717, 1.165) is 70.6 Å². The van der Waals surface area contributed by atoms with Gasteiger partial charge in [0, 0.05) is 24.2 Å². The third-order valence-corrected chi connectivity index (χ3v) is 4.35. The van der Waals surface area contributed by atoms with E-state index < -0.39 is 5.97 Å². The summed E-state index contributed by atoms with van der Waals surface area (Å²) < 4.78 is 0. The Kier molecular flexibility index (Phi) is 8.23. The molecule has 0 saturated heterocycles. The Morgan fingerprint density at radius 1 is 1.05 bits per heavy atom. The first-order chi connectivity index (χ1) is 9.59. The zero-order valence-corrected chi connectivity index (χ0v) is 12.3. The second kappa shape index (κ2) is 9.72. The van der Waals surface area contributed by atoms with Crippen molar-refractivity contribution in [1.29, 1.82) is 0 Å². The van der Waals surface area contributed by atoms with Gasteiger partial charge in [0.1, 0.15) is 0 Å². The first-order valence-corrected chi connectivity index (χ1v) is 7.95. The highest BCUT2D eigenvalue weighted by Crippen LogP contribution is 2.26. The van der Waals surface area contributed by atoms with Crippen LogP contribution in [0.4, 0.5) is 0 Å². The van der Waals surface area contributed by atoms with E-state index in [-0.39, 0.29) is 17.4 Å². The molecule has 5 nitrogen and oxygen atoms in total. The minimum Gasteiger partial charge on any atom is -0.481 e. The van der Waals surface area contributed by atoms with Crippen molar-refractivity contribution in [3.8, 4) is 0 Å². The molecule has 0 aromatic heterocycles. The van der Waals surface area contributed by atoms with Gasteiger partial charge in [-0.2, -0.15) is 0 Å². The largest absolute Gasteiger partial charge is 0.481 e. The molecular formula is C15H27NO4. The van der Waals surface area contributed by atoms with E-state index in [4.69, 9.17) is 5.11 Å². The van der Waals surface area contributed by atoms with E-state index in [1.807, 2.05) is 0 Å². The average molecular weight is 285 g/mol. The summed E-state index contributed by atoms with van der Waals surface area (Å²) in [6.45, 7) is 0. The summed E-state index contributed by atoms with van der Waals surface area (Å²) in [5.74, 6) is -0.0160. The highest BCUT2D eigenvalue weighted by Gasteiger charge is 2.21. The normalized spacial score (nSPS) is 25.0. The maximum absolute atomic E-state index is 10.9. The quantitative estimate of drug-likeness (QED) is 0.454. The lowest BCUT2D eigenvalue weighted by atomic mass is 9.87. The summed E-state index contributed by atoms with van der Waals surface area (Å²) in [7, 11) is 0. The number of carboxylic acid groups (broad SMARTS) is 1. The van der Waals surface area contributed by atoms with Gasteiger partial charge in [-0.3, -0.25) is 14.9 Å². The number of hydrogen-bond donors (Lipinski definition) is 1. The molecule has 0 bridgehead atoms. The molecular weight excluding hydrogens is 258 g/mol. The molecule has 116 valence electrons. The molecule has 0 unspecified atom stereocenters. The van der Waals surface area contributed by atoms with E-state index in [1.165, 1.54) is 0 Å². The zero-order valence-electron chi connectivity index (χ0n) is 12.3. The van der Waals surface area contributed by atoms with Gasteiger partial charge in [0.2, 0.25) is 6.04 Å². The highest BCUT2D eigenvalue weighted by molar-refractivity contribution is 5.66. The standard InChI is InChI=1S/C15H27NO4/c17-15(18)12-6-3-9-13-7-1-4-10-14(16(19)20)11-5-2-8-13/h13-14H,1-12H2,(H,17,18). The number of rotatable bonds is 6. The Balaban J connectivity index is 2.24. The van der Waals surface area contributed by atoms with Crippen LogP contribution in [0.3, 0.4) is 0 Å². The van der Waals surface area contributed by atoms with Gasteiger partial charge < -0.3 is 5.11 Å². The van der Waals surface area contributed by atoms with Crippen LogP contribution in [0.1, 0.15) is 77.0 Å². The van der Waals surface area contributed by atoms with Gasteiger partial charge in [0.25, 0.3) is 0 Å². The molecule has 20 heavy (non-hydrogen) atoms. The lowest BCUT2D eigenvalue weighted by Gasteiger charge is -2.19. The third kappa shape index (κ3) is 7.46. The van der Waals surface area contributed by atoms with Crippen molar-refractivity contribution in [3.63, 3.8) is 0 Å². The molecule has 0 amide bonds. The summed E-state index contributed by atoms with van der Waals surface area (Å²) in [6.07, 6.45) is 11.0. The molecule has 0 radical (unpaired) electrons. The second-order valence-corrected chi connectivity index (χ2v) is 6.01. The number of carbonyl (C=O) groups is 1. The van der Waals surface area contributed by atoms with Gasteiger partial charge in [-0.25, -0.2) is 0 Å². The van der Waals surface area contributed by atoms with Crippen molar-refractivity contribution in [2.75, 3.05) is 0 Å². The van der Waals surface area contributed by atoms with Crippen LogP contribution < -0.4 is 0 Å². The number of unbranched alkanes of at least 4 members (excludes halogenated alkanes) is 1. The molecule has 1 saturated carbocycles. The van der Waals surface area contributed by atoms with Gasteiger partial charge in [-0.1, -0.05) is 38.5 Å². The lowest BCUT2D eigenvalue weighted by molar-refractivity contribution is -0.524. The third-order valence-electron chi connectivity index (χ3n) is 4.35. The van der Waals surface area contributed by atoms with Crippen molar-refractivity contribution in [1.82, 2.24) is 0 Å². The second-order valence-electron chi connectivity index (χ2n) is 6.01. The topological polar surface area (TPSA) is 80.4 Å². The lowest BCUT2D eigenvalue weighted by Crippen LogP contribution is -2.20. The highest BCUT2D eigenvalue weighted by atomic mass is 16.6.